The van der Waals surface area contributed by atoms with Crippen molar-refractivity contribution in [1.29, 1.82) is 0 Å². The highest BCUT2D eigenvalue weighted by molar-refractivity contribution is 5.68. The molecule has 0 atom stereocenters. The van der Waals surface area contributed by atoms with Crippen molar-refractivity contribution in [3.63, 3.8) is 0 Å². The standard InChI is InChI=1S/C9H16N4O2/c1-2-3-4-5-15-8(14)6-13-7-11-9(10)12-13/h7H,2-6H2,1H3,(H2,10,12). The van der Waals surface area contributed by atoms with Gasteiger partial charge in [-0.25, -0.2) is 9.67 Å². The highest BCUT2D eigenvalue weighted by Gasteiger charge is 2.05. The van der Waals surface area contributed by atoms with Gasteiger partial charge >= 0.3 is 5.97 Å². The third kappa shape index (κ3) is 4.44. The van der Waals surface area contributed by atoms with Gasteiger partial charge in [0.25, 0.3) is 0 Å². The molecule has 0 amide bonds. The van der Waals surface area contributed by atoms with Gasteiger partial charge in [-0.2, -0.15) is 0 Å². The predicted octanol–water partition coefficient (Wildman–Crippen LogP) is 0.594. The molecule has 1 heterocycles. The molecule has 0 aliphatic rings. The first-order valence-electron chi connectivity index (χ1n) is 5.03. The molecule has 6 heteroatoms. The van der Waals surface area contributed by atoms with Crippen LogP contribution in [0.2, 0.25) is 0 Å². The number of anilines is 1. The van der Waals surface area contributed by atoms with Crippen LogP contribution in [0.25, 0.3) is 0 Å². The van der Waals surface area contributed by atoms with Crippen LogP contribution in [0.4, 0.5) is 5.95 Å². The van der Waals surface area contributed by atoms with Crippen molar-refractivity contribution in [3.05, 3.63) is 6.33 Å². The number of esters is 1. The summed E-state index contributed by atoms with van der Waals surface area (Å²) in [5, 5.41) is 3.78. The molecule has 6 nitrogen and oxygen atoms in total. The first-order chi connectivity index (χ1) is 7.22. The Morgan fingerprint density at radius 2 is 2.40 bits per heavy atom. The largest absolute Gasteiger partial charge is 0.464 e. The second-order valence-corrected chi connectivity index (χ2v) is 3.23. The maximum atomic E-state index is 11.2. The van der Waals surface area contributed by atoms with Crippen molar-refractivity contribution >= 4 is 11.9 Å². The van der Waals surface area contributed by atoms with Crippen molar-refractivity contribution in [2.75, 3.05) is 12.3 Å². The minimum Gasteiger partial charge on any atom is -0.464 e. The lowest BCUT2D eigenvalue weighted by Crippen LogP contribution is -2.14. The molecule has 1 aromatic rings. The topological polar surface area (TPSA) is 83.0 Å². The maximum absolute atomic E-state index is 11.2. The van der Waals surface area contributed by atoms with E-state index >= 15 is 0 Å². The van der Waals surface area contributed by atoms with E-state index in [0.29, 0.717) is 6.61 Å². The number of rotatable bonds is 6. The van der Waals surface area contributed by atoms with Crippen LogP contribution < -0.4 is 5.73 Å². The van der Waals surface area contributed by atoms with Crippen molar-refractivity contribution in [2.24, 2.45) is 0 Å². The summed E-state index contributed by atoms with van der Waals surface area (Å²) < 4.78 is 6.35. The van der Waals surface area contributed by atoms with E-state index in [1.165, 1.54) is 11.0 Å². The van der Waals surface area contributed by atoms with Gasteiger partial charge in [0.15, 0.2) is 0 Å². The summed E-state index contributed by atoms with van der Waals surface area (Å²) in [7, 11) is 0. The number of hydrogen-bond donors (Lipinski definition) is 1. The van der Waals surface area contributed by atoms with E-state index in [-0.39, 0.29) is 18.5 Å². The van der Waals surface area contributed by atoms with E-state index in [4.69, 9.17) is 10.5 Å². The number of ether oxygens (including phenoxy) is 1. The molecule has 1 rings (SSSR count). The van der Waals surface area contributed by atoms with Gasteiger partial charge in [0.05, 0.1) is 6.61 Å². The molecular formula is C9H16N4O2. The van der Waals surface area contributed by atoms with Gasteiger partial charge < -0.3 is 10.5 Å². The van der Waals surface area contributed by atoms with Gasteiger partial charge in [0.1, 0.15) is 12.9 Å². The zero-order chi connectivity index (χ0) is 11.1. The summed E-state index contributed by atoms with van der Waals surface area (Å²) in [6.07, 6.45) is 4.49. The molecule has 0 radical (unpaired) electrons. The van der Waals surface area contributed by atoms with E-state index in [1.54, 1.807) is 0 Å². The van der Waals surface area contributed by atoms with Crippen LogP contribution in [0.1, 0.15) is 26.2 Å². The Balaban J connectivity index is 2.18. The number of aromatic nitrogens is 3. The number of nitrogen functional groups attached to an aromatic ring is 1. The number of carbonyl (C=O) groups is 1. The number of unbranched alkanes of at least 4 members (excludes halogenated alkanes) is 2. The smallest absolute Gasteiger partial charge is 0.327 e. The van der Waals surface area contributed by atoms with E-state index in [1.807, 2.05) is 0 Å². The average molecular weight is 212 g/mol. The van der Waals surface area contributed by atoms with E-state index in [2.05, 4.69) is 17.0 Å². The Labute approximate surface area is 88.4 Å². The lowest BCUT2D eigenvalue weighted by atomic mass is 10.3. The maximum Gasteiger partial charge on any atom is 0.327 e. The van der Waals surface area contributed by atoms with Crippen LogP contribution in [0.5, 0.6) is 0 Å². The molecule has 0 spiro atoms. The molecule has 0 aromatic carbocycles. The molecule has 84 valence electrons. The summed E-state index contributed by atoms with van der Waals surface area (Å²) in [5.41, 5.74) is 5.30. The van der Waals surface area contributed by atoms with Crippen molar-refractivity contribution in [2.45, 2.75) is 32.7 Å². The Morgan fingerprint density at radius 1 is 1.60 bits per heavy atom. The second kappa shape index (κ2) is 6.00. The number of nitrogens with zero attached hydrogens (tertiary/aromatic N) is 3. The highest BCUT2D eigenvalue weighted by Crippen LogP contribution is 1.96. The summed E-state index contributed by atoms with van der Waals surface area (Å²) in [5.74, 6) is -0.148. The molecule has 2 N–H and O–H groups in total. The molecular weight excluding hydrogens is 196 g/mol. The van der Waals surface area contributed by atoms with Crippen LogP contribution in [0.15, 0.2) is 6.33 Å². The predicted molar refractivity (Wildman–Crippen MR) is 54.9 cm³/mol. The molecule has 0 aliphatic carbocycles. The molecule has 0 aliphatic heterocycles. The van der Waals surface area contributed by atoms with Gasteiger partial charge in [0, 0.05) is 0 Å². The lowest BCUT2D eigenvalue weighted by molar-refractivity contribution is -0.144. The van der Waals surface area contributed by atoms with Gasteiger partial charge in [-0.05, 0) is 6.42 Å². The second-order valence-electron chi connectivity index (χ2n) is 3.23. The fourth-order valence-electron chi connectivity index (χ4n) is 1.10. The molecule has 0 unspecified atom stereocenters. The molecule has 0 saturated heterocycles. The lowest BCUT2D eigenvalue weighted by Gasteiger charge is -2.03. The Morgan fingerprint density at radius 3 is 3.00 bits per heavy atom. The molecule has 15 heavy (non-hydrogen) atoms. The molecule has 0 saturated carbocycles. The number of carbonyl (C=O) groups excluding carboxylic acids is 1. The first-order valence-corrected chi connectivity index (χ1v) is 5.03. The van der Waals surface area contributed by atoms with Crippen LogP contribution >= 0.6 is 0 Å². The summed E-state index contributed by atoms with van der Waals surface area (Å²) >= 11 is 0. The Hall–Kier alpha value is -1.59. The van der Waals surface area contributed by atoms with Gasteiger partial charge in [-0.15, -0.1) is 5.10 Å². The molecule has 0 bridgehead atoms. The highest BCUT2D eigenvalue weighted by atomic mass is 16.5. The quantitative estimate of drug-likeness (QED) is 0.551. The van der Waals surface area contributed by atoms with Gasteiger partial charge in [-0.1, -0.05) is 19.8 Å². The number of nitrogens with two attached hydrogens (primary N) is 1. The third-order valence-electron chi connectivity index (χ3n) is 1.86. The summed E-state index contributed by atoms with van der Waals surface area (Å²) in [6, 6.07) is 0. The number of hydrogen-bond acceptors (Lipinski definition) is 5. The Bertz CT molecular complexity index is 311. The van der Waals surface area contributed by atoms with Crippen LogP contribution in [-0.4, -0.2) is 27.3 Å². The fraction of sp³-hybridized carbons (Fsp3) is 0.667. The Kier molecular flexibility index (Phi) is 4.59. The van der Waals surface area contributed by atoms with Crippen molar-refractivity contribution in [3.8, 4) is 0 Å². The first kappa shape index (κ1) is 11.5. The van der Waals surface area contributed by atoms with Crippen LogP contribution in [0.3, 0.4) is 0 Å². The van der Waals surface area contributed by atoms with Crippen LogP contribution in [-0.2, 0) is 16.1 Å². The fourth-order valence-corrected chi connectivity index (χ4v) is 1.10. The zero-order valence-corrected chi connectivity index (χ0v) is 8.85. The minimum atomic E-state index is -0.309. The van der Waals surface area contributed by atoms with Crippen LogP contribution in [0, 0.1) is 0 Å². The van der Waals surface area contributed by atoms with Gasteiger partial charge in [-0.3, -0.25) is 4.79 Å². The SMILES string of the molecule is CCCCCOC(=O)Cn1cnc(N)n1. The molecule has 1 aromatic heterocycles. The minimum absolute atomic E-state index is 0.0658. The van der Waals surface area contributed by atoms with E-state index in [0.717, 1.165) is 19.3 Å². The monoisotopic (exact) mass is 212 g/mol. The third-order valence-corrected chi connectivity index (χ3v) is 1.86. The van der Waals surface area contributed by atoms with Crippen molar-refractivity contribution < 1.29 is 9.53 Å². The van der Waals surface area contributed by atoms with E-state index < -0.39 is 0 Å². The molecule has 0 fully saturated rings. The normalized spacial score (nSPS) is 10.2. The summed E-state index contributed by atoms with van der Waals surface area (Å²) in [4.78, 5) is 14.9. The summed E-state index contributed by atoms with van der Waals surface area (Å²) in [6.45, 7) is 2.63. The average Bonchev–Trinajstić information content (AvgIpc) is 2.59. The van der Waals surface area contributed by atoms with Gasteiger partial charge in [0.2, 0.25) is 5.95 Å². The van der Waals surface area contributed by atoms with E-state index in [9.17, 15) is 4.79 Å². The zero-order valence-electron chi connectivity index (χ0n) is 8.85. The van der Waals surface area contributed by atoms with Crippen molar-refractivity contribution in [1.82, 2.24) is 14.8 Å².